The average molecular weight is 462 g/mol. The van der Waals surface area contributed by atoms with Gasteiger partial charge in [-0.2, -0.15) is 0 Å². The maximum atomic E-state index is 13.5. The summed E-state index contributed by atoms with van der Waals surface area (Å²) in [5, 5.41) is 4.94. The Labute approximate surface area is 198 Å². The number of para-hydroxylation sites is 2. The van der Waals surface area contributed by atoms with Crippen LogP contribution in [-0.4, -0.2) is 48.5 Å². The Hall–Kier alpha value is -3.58. The van der Waals surface area contributed by atoms with E-state index >= 15 is 0 Å². The van der Waals surface area contributed by atoms with Crippen LogP contribution in [-0.2, 0) is 11.2 Å². The molecule has 3 amide bonds. The SMILES string of the molecule is C=CCN(CC(=O)N1CCc2sccc2C1c1ccccc1)C(=O)Nc1ccccc1OC. The maximum Gasteiger partial charge on any atom is 0.322 e. The number of thiophene rings is 1. The lowest BCUT2D eigenvalue weighted by Gasteiger charge is -2.37. The first-order chi connectivity index (χ1) is 16.1. The predicted octanol–water partition coefficient (Wildman–Crippen LogP) is 4.95. The molecule has 4 rings (SSSR count). The standard InChI is InChI=1S/C26H27N3O3S/c1-3-15-28(26(31)27-21-11-7-8-12-22(21)32-2)18-24(30)29-16-13-23-20(14-17-33-23)25(29)19-9-5-4-6-10-19/h3-12,14,17,25H,1,13,15-16,18H2,2H3,(H,27,31). The Balaban J connectivity index is 1.55. The topological polar surface area (TPSA) is 61.9 Å². The van der Waals surface area contributed by atoms with Gasteiger partial charge >= 0.3 is 6.03 Å². The molecular formula is C26H27N3O3S. The minimum atomic E-state index is -0.378. The highest BCUT2D eigenvalue weighted by Gasteiger charge is 2.33. The van der Waals surface area contributed by atoms with Crippen LogP contribution in [0.25, 0.3) is 0 Å². The first-order valence-electron chi connectivity index (χ1n) is 10.8. The van der Waals surface area contributed by atoms with E-state index < -0.39 is 0 Å². The molecule has 0 spiro atoms. The van der Waals surface area contributed by atoms with Crippen molar-refractivity contribution in [2.75, 3.05) is 32.1 Å². The second-order valence-corrected chi connectivity index (χ2v) is 8.75. The number of methoxy groups -OCH3 is 1. The number of carbonyl (C=O) groups is 2. The van der Waals surface area contributed by atoms with Crippen molar-refractivity contribution in [3.05, 3.63) is 94.7 Å². The molecule has 1 unspecified atom stereocenters. The lowest BCUT2D eigenvalue weighted by atomic mass is 9.93. The van der Waals surface area contributed by atoms with Gasteiger partial charge in [-0.1, -0.05) is 48.5 Å². The third-order valence-electron chi connectivity index (χ3n) is 5.71. The van der Waals surface area contributed by atoms with Gasteiger partial charge in [-0.15, -0.1) is 17.9 Å². The van der Waals surface area contributed by atoms with E-state index in [1.807, 2.05) is 47.4 Å². The highest BCUT2D eigenvalue weighted by Crippen LogP contribution is 2.37. The minimum Gasteiger partial charge on any atom is -0.495 e. The van der Waals surface area contributed by atoms with E-state index in [1.165, 1.54) is 15.3 Å². The summed E-state index contributed by atoms with van der Waals surface area (Å²) < 4.78 is 5.32. The van der Waals surface area contributed by atoms with Crippen LogP contribution in [0.3, 0.4) is 0 Å². The van der Waals surface area contributed by atoms with Gasteiger partial charge in [-0.3, -0.25) is 4.79 Å². The van der Waals surface area contributed by atoms with Crippen LogP contribution in [0.5, 0.6) is 5.75 Å². The Bertz CT molecular complexity index is 1130. The van der Waals surface area contributed by atoms with E-state index in [4.69, 9.17) is 4.74 Å². The molecule has 2 aromatic carbocycles. The second-order valence-electron chi connectivity index (χ2n) is 7.75. The molecule has 0 saturated heterocycles. The number of urea groups is 1. The highest BCUT2D eigenvalue weighted by atomic mass is 32.1. The molecule has 1 N–H and O–H groups in total. The first kappa shape index (κ1) is 22.6. The van der Waals surface area contributed by atoms with E-state index in [0.29, 0.717) is 18.0 Å². The number of rotatable bonds is 7. The first-order valence-corrected chi connectivity index (χ1v) is 11.7. The van der Waals surface area contributed by atoms with Crippen LogP contribution in [0.1, 0.15) is 22.0 Å². The molecule has 0 radical (unpaired) electrons. The molecule has 1 aliphatic heterocycles. The average Bonchev–Trinajstić information content (AvgIpc) is 3.33. The van der Waals surface area contributed by atoms with Crippen molar-refractivity contribution in [2.45, 2.75) is 12.5 Å². The number of ether oxygens (including phenoxy) is 1. The lowest BCUT2D eigenvalue weighted by molar-refractivity contribution is -0.133. The lowest BCUT2D eigenvalue weighted by Crippen LogP contribution is -2.47. The molecule has 1 atom stereocenters. The Kier molecular flexibility index (Phi) is 7.10. The van der Waals surface area contributed by atoms with E-state index in [2.05, 4.69) is 23.3 Å². The number of nitrogens with one attached hydrogen (secondary N) is 1. The third-order valence-corrected chi connectivity index (χ3v) is 6.71. The molecule has 6 nitrogen and oxygen atoms in total. The molecule has 33 heavy (non-hydrogen) atoms. The van der Waals surface area contributed by atoms with Crippen LogP contribution in [0.4, 0.5) is 10.5 Å². The van der Waals surface area contributed by atoms with Crippen molar-refractivity contribution < 1.29 is 14.3 Å². The summed E-state index contributed by atoms with van der Waals surface area (Å²) in [5.74, 6) is 0.457. The van der Waals surface area contributed by atoms with Crippen molar-refractivity contribution in [2.24, 2.45) is 0 Å². The van der Waals surface area contributed by atoms with Crippen molar-refractivity contribution >= 4 is 29.0 Å². The minimum absolute atomic E-state index is 0.0458. The van der Waals surface area contributed by atoms with Gasteiger partial charge in [-0.05, 0) is 41.1 Å². The number of anilines is 1. The van der Waals surface area contributed by atoms with Gasteiger partial charge in [0.25, 0.3) is 0 Å². The monoisotopic (exact) mass is 461 g/mol. The number of fused-ring (bicyclic) bond motifs is 1. The number of benzene rings is 2. The van der Waals surface area contributed by atoms with E-state index in [1.54, 1.807) is 36.7 Å². The summed E-state index contributed by atoms with van der Waals surface area (Å²) in [7, 11) is 1.55. The molecule has 7 heteroatoms. The molecule has 170 valence electrons. The number of carbonyl (C=O) groups excluding carboxylic acids is 2. The molecule has 0 aliphatic carbocycles. The summed E-state index contributed by atoms with van der Waals surface area (Å²) in [6, 6.07) is 18.8. The van der Waals surface area contributed by atoms with E-state index in [-0.39, 0.29) is 31.1 Å². The number of hydrogen-bond acceptors (Lipinski definition) is 4. The molecule has 0 saturated carbocycles. The quantitative estimate of drug-likeness (QED) is 0.507. The van der Waals surface area contributed by atoms with Crippen LogP contribution in [0.2, 0.25) is 0 Å². The van der Waals surface area contributed by atoms with E-state index in [0.717, 1.165) is 12.0 Å². The van der Waals surface area contributed by atoms with Crippen LogP contribution in [0.15, 0.2) is 78.7 Å². The van der Waals surface area contributed by atoms with Gasteiger partial charge in [0.2, 0.25) is 5.91 Å². The molecule has 1 aromatic heterocycles. The zero-order valence-electron chi connectivity index (χ0n) is 18.6. The van der Waals surface area contributed by atoms with Crippen LogP contribution in [0, 0.1) is 0 Å². The van der Waals surface area contributed by atoms with Gasteiger partial charge in [0, 0.05) is 18.0 Å². The molecule has 0 fully saturated rings. The number of nitrogens with zero attached hydrogens (tertiary/aromatic N) is 2. The Morgan fingerprint density at radius 3 is 2.70 bits per heavy atom. The summed E-state index contributed by atoms with van der Waals surface area (Å²) in [4.78, 5) is 31.2. The molecule has 3 aromatic rings. The third kappa shape index (κ3) is 4.93. The van der Waals surface area contributed by atoms with E-state index in [9.17, 15) is 9.59 Å². The maximum absolute atomic E-state index is 13.5. The zero-order valence-corrected chi connectivity index (χ0v) is 19.4. The summed E-state index contributed by atoms with van der Waals surface area (Å²) in [5.41, 5.74) is 2.79. The second kappa shape index (κ2) is 10.4. The molecular weight excluding hydrogens is 434 g/mol. The molecule has 0 bridgehead atoms. The fraction of sp³-hybridized carbons (Fsp3) is 0.231. The fourth-order valence-electron chi connectivity index (χ4n) is 4.15. The number of amides is 3. The Morgan fingerprint density at radius 2 is 1.94 bits per heavy atom. The van der Waals surface area contributed by atoms with Gasteiger partial charge < -0.3 is 19.9 Å². The van der Waals surface area contributed by atoms with Gasteiger partial charge in [-0.25, -0.2) is 4.79 Å². The van der Waals surface area contributed by atoms with Crippen molar-refractivity contribution in [1.82, 2.24) is 9.80 Å². The van der Waals surface area contributed by atoms with Crippen molar-refractivity contribution in [3.8, 4) is 5.75 Å². The Morgan fingerprint density at radius 1 is 1.18 bits per heavy atom. The number of hydrogen-bond donors (Lipinski definition) is 1. The fourth-order valence-corrected chi connectivity index (χ4v) is 5.06. The normalized spacial score (nSPS) is 14.8. The summed E-state index contributed by atoms with van der Waals surface area (Å²) >= 11 is 1.73. The molecule has 1 aliphatic rings. The van der Waals surface area contributed by atoms with Crippen LogP contribution < -0.4 is 10.1 Å². The highest BCUT2D eigenvalue weighted by molar-refractivity contribution is 7.10. The summed E-state index contributed by atoms with van der Waals surface area (Å²) in [6.45, 7) is 4.58. The summed E-state index contributed by atoms with van der Waals surface area (Å²) in [6.07, 6.45) is 2.44. The van der Waals surface area contributed by atoms with Gasteiger partial charge in [0.15, 0.2) is 0 Å². The van der Waals surface area contributed by atoms with Crippen molar-refractivity contribution in [1.29, 1.82) is 0 Å². The van der Waals surface area contributed by atoms with Crippen LogP contribution >= 0.6 is 11.3 Å². The zero-order chi connectivity index (χ0) is 23.2. The predicted molar refractivity (Wildman–Crippen MR) is 132 cm³/mol. The van der Waals surface area contributed by atoms with Gasteiger partial charge in [0.1, 0.15) is 12.3 Å². The largest absolute Gasteiger partial charge is 0.495 e. The smallest absolute Gasteiger partial charge is 0.322 e. The van der Waals surface area contributed by atoms with Gasteiger partial charge in [0.05, 0.1) is 18.8 Å². The molecule has 2 heterocycles. The van der Waals surface area contributed by atoms with Crippen molar-refractivity contribution in [3.63, 3.8) is 0 Å².